The molecule has 5 rings (SSSR count). The molecule has 0 amide bonds. The zero-order chi connectivity index (χ0) is 23.3. The number of nitrogens with zero attached hydrogens (tertiary/aromatic N) is 2. The van der Waals surface area contributed by atoms with Gasteiger partial charge in [-0.15, -0.1) is 0 Å². The minimum absolute atomic E-state index is 0.400. The van der Waals surface area contributed by atoms with E-state index < -0.39 is 0 Å². The Morgan fingerprint density at radius 1 is 0.912 bits per heavy atom. The molecule has 0 bridgehead atoms. The van der Waals surface area contributed by atoms with Gasteiger partial charge in [0.05, 0.1) is 38.7 Å². The molecular formula is C26H24N4O4. The third-order valence-corrected chi connectivity index (χ3v) is 5.45. The highest BCUT2D eigenvalue weighted by Gasteiger charge is 2.12. The van der Waals surface area contributed by atoms with E-state index in [1.807, 2.05) is 60.7 Å². The van der Waals surface area contributed by atoms with Crippen molar-refractivity contribution in [3.05, 3.63) is 78.6 Å². The number of hydrogen-bond donors (Lipinski definition) is 2. The maximum Gasteiger partial charge on any atom is 0.299 e. The van der Waals surface area contributed by atoms with Gasteiger partial charge >= 0.3 is 0 Å². The third kappa shape index (κ3) is 4.66. The molecule has 0 radical (unpaired) electrons. The second-order valence-electron chi connectivity index (χ2n) is 7.64. The van der Waals surface area contributed by atoms with Crippen molar-refractivity contribution in [1.29, 1.82) is 0 Å². The van der Waals surface area contributed by atoms with E-state index in [9.17, 15) is 0 Å². The third-order valence-electron chi connectivity index (χ3n) is 5.45. The van der Waals surface area contributed by atoms with Crippen LogP contribution in [0.25, 0.3) is 22.2 Å². The summed E-state index contributed by atoms with van der Waals surface area (Å²) in [5.41, 5.74) is 3.84. The fourth-order valence-corrected chi connectivity index (χ4v) is 3.62. The first-order valence-corrected chi connectivity index (χ1v) is 10.8. The number of anilines is 2. The van der Waals surface area contributed by atoms with Crippen LogP contribution in [-0.4, -0.2) is 36.0 Å². The van der Waals surface area contributed by atoms with Crippen molar-refractivity contribution >= 4 is 22.6 Å². The molecule has 172 valence electrons. The number of rotatable bonds is 9. The normalized spacial score (nSPS) is 10.9. The van der Waals surface area contributed by atoms with Gasteiger partial charge in [-0.1, -0.05) is 12.1 Å². The number of oxazole rings is 1. The fraction of sp³-hybridized carbons (Fsp3) is 0.154. The number of aromatic amines is 1. The van der Waals surface area contributed by atoms with Gasteiger partial charge in [0, 0.05) is 23.1 Å². The van der Waals surface area contributed by atoms with Crippen molar-refractivity contribution in [3.63, 3.8) is 0 Å². The Morgan fingerprint density at radius 3 is 2.62 bits per heavy atom. The Hall–Kier alpha value is -4.46. The van der Waals surface area contributed by atoms with Gasteiger partial charge in [0.15, 0.2) is 17.3 Å². The average Bonchev–Trinajstić information content (AvgIpc) is 3.54. The molecule has 8 nitrogen and oxygen atoms in total. The van der Waals surface area contributed by atoms with Gasteiger partial charge in [-0.3, -0.25) is 5.10 Å². The molecule has 34 heavy (non-hydrogen) atoms. The lowest BCUT2D eigenvalue weighted by Gasteiger charge is -2.12. The summed E-state index contributed by atoms with van der Waals surface area (Å²) in [7, 11) is 3.28. The van der Waals surface area contributed by atoms with Crippen LogP contribution in [0.2, 0.25) is 0 Å². The van der Waals surface area contributed by atoms with E-state index in [-0.39, 0.29) is 0 Å². The zero-order valence-electron chi connectivity index (χ0n) is 18.9. The van der Waals surface area contributed by atoms with Crippen LogP contribution in [0, 0.1) is 0 Å². The predicted octanol–water partition coefficient (Wildman–Crippen LogP) is 5.60. The first kappa shape index (κ1) is 21.4. The fourth-order valence-electron chi connectivity index (χ4n) is 3.62. The Labute approximate surface area is 196 Å². The topological polar surface area (TPSA) is 94.4 Å². The molecule has 0 saturated heterocycles. The van der Waals surface area contributed by atoms with E-state index in [2.05, 4.69) is 20.5 Å². The SMILES string of the molecule is COc1ccc(CCOc2ccc(-c3cnc(Nc4ccc5[nH]ncc5c4)o3)cc2OC)cc1. The highest BCUT2D eigenvalue weighted by Crippen LogP contribution is 2.34. The summed E-state index contributed by atoms with van der Waals surface area (Å²) in [5, 5.41) is 11.2. The monoisotopic (exact) mass is 456 g/mol. The Kier molecular flexibility index (Phi) is 6.03. The molecule has 0 aliphatic heterocycles. The molecule has 0 aliphatic rings. The Morgan fingerprint density at radius 2 is 1.79 bits per heavy atom. The number of methoxy groups -OCH3 is 2. The van der Waals surface area contributed by atoms with Gasteiger partial charge < -0.3 is 23.9 Å². The summed E-state index contributed by atoms with van der Waals surface area (Å²) in [4.78, 5) is 4.35. The average molecular weight is 457 g/mol. The van der Waals surface area contributed by atoms with E-state index in [4.69, 9.17) is 18.6 Å². The smallest absolute Gasteiger partial charge is 0.299 e. The van der Waals surface area contributed by atoms with Crippen molar-refractivity contribution in [2.75, 3.05) is 26.1 Å². The predicted molar refractivity (Wildman–Crippen MR) is 130 cm³/mol. The molecule has 0 aliphatic carbocycles. The molecular weight excluding hydrogens is 432 g/mol. The lowest BCUT2D eigenvalue weighted by Crippen LogP contribution is -2.02. The van der Waals surface area contributed by atoms with Gasteiger partial charge in [-0.2, -0.15) is 5.10 Å². The molecule has 2 heterocycles. The van der Waals surface area contributed by atoms with Crippen LogP contribution < -0.4 is 19.5 Å². The summed E-state index contributed by atoms with van der Waals surface area (Å²) in [6.45, 7) is 0.527. The van der Waals surface area contributed by atoms with Gasteiger partial charge in [-0.25, -0.2) is 4.98 Å². The number of aromatic nitrogens is 3. The van der Waals surface area contributed by atoms with E-state index in [1.54, 1.807) is 26.6 Å². The van der Waals surface area contributed by atoms with Crippen molar-refractivity contribution in [2.45, 2.75) is 6.42 Å². The van der Waals surface area contributed by atoms with Crippen LogP contribution >= 0.6 is 0 Å². The summed E-state index contributed by atoms with van der Waals surface area (Å²) >= 11 is 0. The summed E-state index contributed by atoms with van der Waals surface area (Å²) in [6.07, 6.45) is 4.22. The first-order chi connectivity index (χ1) is 16.7. The molecule has 2 N–H and O–H groups in total. The zero-order valence-corrected chi connectivity index (χ0v) is 18.9. The van der Waals surface area contributed by atoms with Crippen LogP contribution in [0.5, 0.6) is 17.2 Å². The van der Waals surface area contributed by atoms with Gasteiger partial charge in [0.2, 0.25) is 0 Å². The minimum atomic E-state index is 0.400. The largest absolute Gasteiger partial charge is 0.497 e. The second-order valence-corrected chi connectivity index (χ2v) is 7.64. The minimum Gasteiger partial charge on any atom is -0.497 e. The Bertz CT molecular complexity index is 1390. The quantitative estimate of drug-likeness (QED) is 0.298. The summed E-state index contributed by atoms with van der Waals surface area (Å²) in [6, 6.07) is 19.9. The van der Waals surface area contributed by atoms with Crippen molar-refractivity contribution < 1.29 is 18.6 Å². The Balaban J connectivity index is 1.24. The van der Waals surface area contributed by atoms with E-state index in [0.717, 1.165) is 34.3 Å². The molecule has 0 atom stereocenters. The van der Waals surface area contributed by atoms with Gasteiger partial charge in [0.1, 0.15) is 5.75 Å². The second kappa shape index (κ2) is 9.58. The maximum absolute atomic E-state index is 5.97. The number of H-pyrrole nitrogens is 1. The van der Waals surface area contributed by atoms with Gasteiger partial charge in [-0.05, 0) is 54.1 Å². The van der Waals surface area contributed by atoms with E-state index in [0.29, 0.717) is 29.9 Å². The molecule has 0 fully saturated rings. The molecule has 2 aromatic heterocycles. The highest BCUT2D eigenvalue weighted by molar-refractivity contribution is 5.82. The van der Waals surface area contributed by atoms with Crippen molar-refractivity contribution in [3.8, 4) is 28.6 Å². The van der Waals surface area contributed by atoms with Crippen LogP contribution in [0.3, 0.4) is 0 Å². The molecule has 5 aromatic rings. The van der Waals surface area contributed by atoms with E-state index in [1.165, 1.54) is 5.56 Å². The van der Waals surface area contributed by atoms with Crippen LogP contribution in [0.15, 0.2) is 77.5 Å². The number of ether oxygens (including phenoxy) is 3. The molecule has 3 aromatic carbocycles. The molecule has 8 heteroatoms. The van der Waals surface area contributed by atoms with Crippen molar-refractivity contribution in [2.24, 2.45) is 0 Å². The molecule has 0 spiro atoms. The number of fused-ring (bicyclic) bond motifs is 1. The standard InChI is InChI=1S/C26H24N4O4/c1-31-21-7-3-17(4-8-21)11-12-33-23-10-5-18(14-24(23)32-2)25-16-27-26(34-25)29-20-6-9-22-19(13-20)15-28-30-22/h3-10,13-16H,11-12H2,1-2H3,(H,27,29)(H,28,30). The van der Waals surface area contributed by atoms with Crippen LogP contribution in [-0.2, 0) is 6.42 Å². The lowest BCUT2D eigenvalue weighted by atomic mass is 10.1. The highest BCUT2D eigenvalue weighted by atomic mass is 16.5. The summed E-state index contributed by atoms with van der Waals surface area (Å²) < 4.78 is 22.6. The van der Waals surface area contributed by atoms with Gasteiger partial charge in [0.25, 0.3) is 6.01 Å². The molecule has 0 saturated carbocycles. The van der Waals surface area contributed by atoms with E-state index >= 15 is 0 Å². The summed E-state index contributed by atoms with van der Waals surface area (Å²) in [5.74, 6) is 2.76. The first-order valence-electron chi connectivity index (χ1n) is 10.8. The van der Waals surface area contributed by atoms with Crippen LogP contribution in [0.4, 0.5) is 11.7 Å². The van der Waals surface area contributed by atoms with Crippen LogP contribution in [0.1, 0.15) is 5.56 Å². The number of benzene rings is 3. The maximum atomic E-state index is 5.97. The lowest BCUT2D eigenvalue weighted by molar-refractivity contribution is 0.297. The number of hydrogen-bond acceptors (Lipinski definition) is 7. The van der Waals surface area contributed by atoms with Crippen molar-refractivity contribution in [1.82, 2.24) is 15.2 Å². The number of nitrogens with one attached hydrogen (secondary N) is 2. The molecule has 0 unspecified atom stereocenters.